The van der Waals surface area contributed by atoms with Crippen molar-refractivity contribution in [2.45, 2.75) is 13.8 Å². The molecule has 3 nitrogen and oxygen atoms in total. The number of benzene rings is 7. The van der Waals surface area contributed by atoms with Crippen LogP contribution >= 0.6 is 0 Å². The monoisotopic (exact) mass is 761 g/mol. The summed E-state index contributed by atoms with van der Waals surface area (Å²) in [4.78, 5) is 9.99. The number of hydrogen-bond acceptors (Lipinski definition) is 2. The Morgan fingerprint density at radius 2 is 0.814 bits per heavy atom. The summed E-state index contributed by atoms with van der Waals surface area (Å²) in [6.07, 6.45) is 11.2. The maximum absolute atomic E-state index is 5.03. The Labute approximate surface area is 348 Å². The molecule has 0 radical (unpaired) electrons. The van der Waals surface area contributed by atoms with Gasteiger partial charge in [0.05, 0.1) is 22.4 Å². The normalized spacial score (nSPS) is 10.9. The number of nitrogens with zero attached hydrogens (tertiary/aromatic N) is 3. The number of hydrogen-bond donors (Lipinski definition) is 0. The van der Waals surface area contributed by atoms with Crippen LogP contribution in [0.25, 0.3) is 83.6 Å². The predicted molar refractivity (Wildman–Crippen MR) is 254 cm³/mol. The maximum atomic E-state index is 5.03. The second-order valence-electron chi connectivity index (χ2n) is 13.8. The predicted octanol–water partition coefficient (Wildman–Crippen LogP) is 15.4. The molecule has 286 valence electrons. The first-order chi connectivity index (χ1) is 29.1. The van der Waals surface area contributed by atoms with Crippen LogP contribution in [0.2, 0.25) is 0 Å². The molecule has 2 aromatic heterocycles. The highest BCUT2D eigenvalue weighted by Crippen LogP contribution is 2.34. The lowest BCUT2D eigenvalue weighted by Gasteiger charge is -2.11. The molecule has 0 unspecified atom stereocenters. The second kappa shape index (κ2) is 19.5. The van der Waals surface area contributed by atoms with Crippen LogP contribution in [0.3, 0.4) is 0 Å². The molecule has 0 spiro atoms. The summed E-state index contributed by atoms with van der Waals surface area (Å²) in [6.45, 7) is 10.8. The summed E-state index contributed by atoms with van der Waals surface area (Å²) in [5, 5.41) is 2.55. The summed E-state index contributed by atoms with van der Waals surface area (Å²) in [5.74, 6) is 0.718. The first-order valence-electron chi connectivity index (χ1n) is 19.9. The zero-order valence-corrected chi connectivity index (χ0v) is 33.6. The van der Waals surface area contributed by atoms with Crippen LogP contribution in [0.5, 0.6) is 0 Å². The fourth-order valence-corrected chi connectivity index (χ4v) is 7.06. The highest BCUT2D eigenvalue weighted by molar-refractivity contribution is 6.09. The Bertz CT molecular complexity index is 2720. The topological polar surface area (TPSA) is 30.7 Å². The van der Waals surface area contributed by atoms with Gasteiger partial charge in [-0.2, -0.15) is 0 Å². The van der Waals surface area contributed by atoms with Crippen LogP contribution in [0.4, 0.5) is 0 Å². The van der Waals surface area contributed by atoms with Gasteiger partial charge >= 0.3 is 0 Å². The number of allylic oxidation sites excluding steroid dienone is 6. The smallest absolute Gasteiger partial charge is 0.160 e. The Hall–Kier alpha value is -7.62. The molecular weight excluding hydrogens is 715 g/mol. The zero-order chi connectivity index (χ0) is 40.8. The highest BCUT2D eigenvalue weighted by Gasteiger charge is 2.13. The molecule has 0 saturated heterocycles. The van der Waals surface area contributed by atoms with Crippen LogP contribution in [-0.4, -0.2) is 14.5 Å². The average molecular weight is 762 g/mol. The standard InChI is InChI=1S/C46H31N3.2C5H8/c1-3-12-35(13-4-1)42-31-43(48-46(47-42)36-14-5-2-6-15-36)38-17-11-16-37(30-38)34-24-22-32(23-25-34)33-26-28-39(29-27-33)49-44-20-9-7-18-40(44)41-19-8-10-21-45(41)49;2*1-3-5-4-2/h1-31H;2*3-5H,1H2,2H3/b;2*5-4-. The van der Waals surface area contributed by atoms with E-state index in [0.717, 1.165) is 50.7 Å². The van der Waals surface area contributed by atoms with Crippen molar-refractivity contribution in [2.75, 3.05) is 0 Å². The minimum Gasteiger partial charge on any atom is -0.309 e. The van der Waals surface area contributed by atoms with Crippen molar-refractivity contribution in [3.05, 3.63) is 238 Å². The van der Waals surface area contributed by atoms with Crippen LogP contribution in [0.15, 0.2) is 238 Å². The first-order valence-corrected chi connectivity index (χ1v) is 19.9. The fraction of sp³-hybridized carbons (Fsp3) is 0.0357. The van der Waals surface area contributed by atoms with Gasteiger partial charge in [-0.05, 0) is 72.5 Å². The molecule has 0 aliphatic carbocycles. The summed E-state index contributed by atoms with van der Waals surface area (Å²) in [7, 11) is 0. The lowest BCUT2D eigenvalue weighted by Crippen LogP contribution is -1.96. The van der Waals surface area contributed by atoms with E-state index in [9.17, 15) is 0 Å². The van der Waals surface area contributed by atoms with Crippen LogP contribution < -0.4 is 0 Å². The van der Waals surface area contributed by atoms with Gasteiger partial charge in [0, 0.05) is 33.2 Å². The fourth-order valence-electron chi connectivity index (χ4n) is 7.06. The van der Waals surface area contributed by atoms with Gasteiger partial charge in [0.15, 0.2) is 5.82 Å². The SMILES string of the molecule is C=C/C=C\C.C=C/C=C\C.c1ccc(-c2cc(-c3cccc(-c4ccc(-c5ccc(-n6c7ccccc7c7ccccc76)cc5)cc4)c3)nc(-c3ccccc3)n2)cc1. The number of rotatable bonds is 8. The first kappa shape index (κ1) is 39.6. The van der Waals surface area contributed by atoms with Crippen molar-refractivity contribution < 1.29 is 0 Å². The van der Waals surface area contributed by atoms with Gasteiger partial charge in [0.1, 0.15) is 0 Å². The Kier molecular flexibility index (Phi) is 13.1. The molecule has 0 bridgehead atoms. The van der Waals surface area contributed by atoms with Crippen LogP contribution in [-0.2, 0) is 0 Å². The third-order valence-corrected chi connectivity index (χ3v) is 9.90. The van der Waals surface area contributed by atoms with Crippen molar-refractivity contribution in [1.82, 2.24) is 14.5 Å². The zero-order valence-electron chi connectivity index (χ0n) is 33.6. The molecule has 9 rings (SSSR count). The lowest BCUT2D eigenvalue weighted by molar-refractivity contribution is 1.18. The quantitative estimate of drug-likeness (QED) is 0.144. The molecule has 3 heteroatoms. The summed E-state index contributed by atoms with van der Waals surface area (Å²) in [6, 6.07) is 66.2. The number of fused-ring (bicyclic) bond motifs is 3. The number of para-hydroxylation sites is 2. The second-order valence-corrected chi connectivity index (χ2v) is 13.8. The van der Waals surface area contributed by atoms with Gasteiger partial charge in [-0.25, -0.2) is 9.97 Å². The van der Waals surface area contributed by atoms with Crippen molar-refractivity contribution in [3.63, 3.8) is 0 Å². The molecule has 0 amide bonds. The van der Waals surface area contributed by atoms with E-state index in [1.54, 1.807) is 12.2 Å². The largest absolute Gasteiger partial charge is 0.309 e. The summed E-state index contributed by atoms with van der Waals surface area (Å²) < 4.78 is 2.35. The van der Waals surface area contributed by atoms with Gasteiger partial charge in [-0.3, -0.25) is 0 Å². The Morgan fingerprint density at radius 1 is 0.390 bits per heavy atom. The van der Waals surface area contributed by atoms with E-state index in [4.69, 9.17) is 9.97 Å². The Balaban J connectivity index is 0.000000475. The lowest BCUT2D eigenvalue weighted by atomic mass is 9.98. The summed E-state index contributed by atoms with van der Waals surface area (Å²) >= 11 is 0. The number of aromatic nitrogens is 3. The van der Waals surface area contributed by atoms with E-state index in [2.05, 4.69) is 169 Å². The molecule has 9 aromatic rings. The van der Waals surface area contributed by atoms with Gasteiger partial charge in [0.25, 0.3) is 0 Å². The van der Waals surface area contributed by atoms with E-state index < -0.39 is 0 Å². The van der Waals surface area contributed by atoms with E-state index in [0.29, 0.717) is 0 Å². The van der Waals surface area contributed by atoms with Crippen molar-refractivity contribution in [3.8, 4) is 61.8 Å². The molecule has 0 aliphatic heterocycles. The van der Waals surface area contributed by atoms with Gasteiger partial charge in [0.2, 0.25) is 0 Å². The highest BCUT2D eigenvalue weighted by atomic mass is 15.0. The molecule has 2 heterocycles. The molecule has 0 fully saturated rings. The third kappa shape index (κ3) is 9.34. The van der Waals surface area contributed by atoms with E-state index >= 15 is 0 Å². The molecule has 0 saturated carbocycles. The molecule has 0 atom stereocenters. The minimum absolute atomic E-state index is 0.718. The van der Waals surface area contributed by atoms with E-state index in [1.165, 1.54) is 32.9 Å². The van der Waals surface area contributed by atoms with Crippen molar-refractivity contribution >= 4 is 21.8 Å². The van der Waals surface area contributed by atoms with Gasteiger partial charge in [-0.1, -0.05) is 201 Å². The molecule has 0 aliphatic rings. The Morgan fingerprint density at radius 3 is 1.32 bits per heavy atom. The maximum Gasteiger partial charge on any atom is 0.160 e. The minimum atomic E-state index is 0.718. The van der Waals surface area contributed by atoms with Crippen molar-refractivity contribution in [1.29, 1.82) is 0 Å². The molecule has 7 aromatic carbocycles. The summed E-state index contributed by atoms with van der Waals surface area (Å²) in [5.41, 5.74) is 13.2. The van der Waals surface area contributed by atoms with Gasteiger partial charge in [-0.15, -0.1) is 0 Å². The third-order valence-electron chi connectivity index (χ3n) is 9.90. The molecular formula is C56H47N3. The molecule has 0 N–H and O–H groups in total. The van der Waals surface area contributed by atoms with Crippen LogP contribution in [0, 0.1) is 0 Å². The van der Waals surface area contributed by atoms with Crippen molar-refractivity contribution in [2.24, 2.45) is 0 Å². The van der Waals surface area contributed by atoms with Crippen LogP contribution in [0.1, 0.15) is 13.8 Å². The average Bonchev–Trinajstić information content (AvgIpc) is 3.65. The molecule has 59 heavy (non-hydrogen) atoms. The van der Waals surface area contributed by atoms with E-state index in [-0.39, 0.29) is 0 Å². The van der Waals surface area contributed by atoms with E-state index in [1.807, 2.05) is 74.5 Å². The van der Waals surface area contributed by atoms with Gasteiger partial charge < -0.3 is 4.57 Å².